The van der Waals surface area contributed by atoms with Crippen LogP contribution in [0, 0.1) is 5.92 Å². The topological polar surface area (TPSA) is 49.4 Å². The van der Waals surface area contributed by atoms with Crippen molar-refractivity contribution in [1.29, 1.82) is 0 Å². The fourth-order valence-corrected chi connectivity index (χ4v) is 2.67. The van der Waals surface area contributed by atoms with Crippen LogP contribution in [-0.4, -0.2) is 52.7 Å². The molecule has 1 rings (SSSR count). The number of rotatable bonds is 4. The van der Waals surface area contributed by atoms with Gasteiger partial charge in [0.05, 0.1) is 0 Å². The molecule has 0 aromatic rings. The summed E-state index contributed by atoms with van der Waals surface area (Å²) in [6, 6.07) is 0. The lowest BCUT2D eigenvalue weighted by Gasteiger charge is -2.28. The average Bonchev–Trinajstić information content (AvgIpc) is 2.26. The Bertz CT molecular complexity index is 236. The predicted molar refractivity (Wildman–Crippen MR) is 62.2 cm³/mol. The maximum absolute atomic E-state index is 11.9. The van der Waals surface area contributed by atoms with Crippen molar-refractivity contribution in [2.24, 2.45) is 5.92 Å². The number of amides is 1. The van der Waals surface area contributed by atoms with Gasteiger partial charge in [-0.25, -0.2) is 0 Å². The van der Waals surface area contributed by atoms with Crippen LogP contribution in [0.3, 0.4) is 0 Å². The van der Waals surface area contributed by atoms with Gasteiger partial charge in [0, 0.05) is 47.9 Å². The van der Waals surface area contributed by atoms with Gasteiger partial charge in [-0.05, 0) is 6.54 Å². The van der Waals surface area contributed by atoms with Crippen molar-refractivity contribution in [2.45, 2.75) is 13.8 Å². The molecule has 0 aromatic carbocycles. The summed E-state index contributed by atoms with van der Waals surface area (Å²) in [6.07, 6.45) is 0. The van der Waals surface area contributed by atoms with Crippen LogP contribution in [0.1, 0.15) is 13.8 Å². The van der Waals surface area contributed by atoms with Crippen molar-refractivity contribution < 1.29 is 9.00 Å². The van der Waals surface area contributed by atoms with E-state index in [0.717, 1.165) is 13.1 Å². The second-order valence-electron chi connectivity index (χ2n) is 3.88. The van der Waals surface area contributed by atoms with Crippen LogP contribution in [0.5, 0.6) is 0 Å². The first kappa shape index (κ1) is 12.6. The first-order valence-corrected chi connectivity index (χ1v) is 6.98. The lowest BCUT2D eigenvalue weighted by Crippen LogP contribution is -2.45. The first-order chi connectivity index (χ1) is 7.15. The molecule has 1 amide bonds. The molecule has 1 saturated heterocycles. The lowest BCUT2D eigenvalue weighted by molar-refractivity contribution is -0.134. The molecule has 1 N–H and O–H groups in total. The largest absolute Gasteiger partial charge is 0.341 e. The van der Waals surface area contributed by atoms with Gasteiger partial charge in [0.25, 0.3) is 0 Å². The van der Waals surface area contributed by atoms with E-state index in [1.165, 1.54) is 0 Å². The molecule has 0 bridgehead atoms. The molecule has 1 aliphatic rings. The van der Waals surface area contributed by atoms with Crippen molar-refractivity contribution in [3.63, 3.8) is 0 Å². The molecule has 0 aromatic heterocycles. The number of nitrogens with zero attached hydrogens (tertiary/aromatic N) is 1. The molecule has 15 heavy (non-hydrogen) atoms. The van der Waals surface area contributed by atoms with Gasteiger partial charge in [-0.2, -0.15) is 0 Å². The molecule has 0 aliphatic carbocycles. The molecule has 1 fully saturated rings. The zero-order valence-corrected chi connectivity index (χ0v) is 10.3. The van der Waals surface area contributed by atoms with Crippen LogP contribution in [0.15, 0.2) is 0 Å². The van der Waals surface area contributed by atoms with Gasteiger partial charge in [-0.3, -0.25) is 9.00 Å². The Balaban J connectivity index is 2.35. The van der Waals surface area contributed by atoms with Gasteiger partial charge in [0.2, 0.25) is 5.91 Å². The fraction of sp³-hybridized carbons (Fsp3) is 0.900. The molecular formula is C10H20N2O2S. The standard InChI is InChI=1S/C10H20N2O2S/c1-3-11-8-9(2)10(13)12-4-6-15(14)7-5-12/h9,11H,3-8H2,1-2H3. The normalized spacial score (nSPS) is 20.3. The van der Waals surface area contributed by atoms with E-state index in [9.17, 15) is 9.00 Å². The Morgan fingerprint density at radius 2 is 2.07 bits per heavy atom. The zero-order chi connectivity index (χ0) is 11.3. The molecule has 1 heterocycles. The molecule has 5 heteroatoms. The van der Waals surface area contributed by atoms with Crippen LogP contribution in [0.2, 0.25) is 0 Å². The third kappa shape index (κ3) is 3.91. The number of carbonyl (C=O) groups is 1. The van der Waals surface area contributed by atoms with Gasteiger partial charge in [-0.1, -0.05) is 13.8 Å². The maximum atomic E-state index is 11.9. The number of carbonyl (C=O) groups excluding carboxylic acids is 1. The van der Waals surface area contributed by atoms with E-state index in [-0.39, 0.29) is 11.8 Å². The third-order valence-electron chi connectivity index (χ3n) is 2.61. The Morgan fingerprint density at radius 1 is 1.47 bits per heavy atom. The number of hydrogen-bond acceptors (Lipinski definition) is 3. The van der Waals surface area contributed by atoms with Gasteiger partial charge in [0.15, 0.2) is 0 Å². The maximum Gasteiger partial charge on any atom is 0.226 e. The van der Waals surface area contributed by atoms with E-state index in [1.807, 2.05) is 18.7 Å². The highest BCUT2D eigenvalue weighted by Crippen LogP contribution is 2.06. The summed E-state index contributed by atoms with van der Waals surface area (Å²) in [5.41, 5.74) is 0. The molecule has 1 unspecified atom stereocenters. The first-order valence-electron chi connectivity index (χ1n) is 5.49. The van der Waals surface area contributed by atoms with Crippen LogP contribution in [-0.2, 0) is 15.6 Å². The second kappa shape index (κ2) is 6.23. The predicted octanol–water partition coefficient (Wildman–Crippen LogP) is -0.177. The van der Waals surface area contributed by atoms with Crippen molar-refractivity contribution in [1.82, 2.24) is 10.2 Å². The van der Waals surface area contributed by atoms with E-state index < -0.39 is 10.8 Å². The highest BCUT2D eigenvalue weighted by Gasteiger charge is 2.23. The Kier molecular flexibility index (Phi) is 5.25. The van der Waals surface area contributed by atoms with Crippen LogP contribution < -0.4 is 5.32 Å². The van der Waals surface area contributed by atoms with Crippen LogP contribution in [0.25, 0.3) is 0 Å². The van der Waals surface area contributed by atoms with E-state index in [2.05, 4.69) is 5.32 Å². The fourth-order valence-electron chi connectivity index (χ4n) is 1.62. The Hall–Kier alpha value is -0.420. The molecule has 0 spiro atoms. The molecule has 1 atom stereocenters. The summed E-state index contributed by atoms with van der Waals surface area (Å²) < 4.78 is 11.1. The van der Waals surface area contributed by atoms with Gasteiger partial charge in [-0.15, -0.1) is 0 Å². The summed E-state index contributed by atoms with van der Waals surface area (Å²) >= 11 is 0. The Labute approximate surface area is 93.9 Å². The summed E-state index contributed by atoms with van der Waals surface area (Å²) in [5, 5.41) is 3.17. The van der Waals surface area contributed by atoms with Gasteiger partial charge < -0.3 is 10.2 Å². The molecular weight excluding hydrogens is 212 g/mol. The SMILES string of the molecule is CCNCC(C)C(=O)N1CCS(=O)CC1. The highest BCUT2D eigenvalue weighted by molar-refractivity contribution is 7.85. The zero-order valence-electron chi connectivity index (χ0n) is 9.49. The minimum Gasteiger partial charge on any atom is -0.341 e. The summed E-state index contributed by atoms with van der Waals surface area (Å²) in [5.74, 6) is 1.49. The smallest absolute Gasteiger partial charge is 0.226 e. The van der Waals surface area contributed by atoms with Gasteiger partial charge in [0.1, 0.15) is 0 Å². The summed E-state index contributed by atoms with van der Waals surface area (Å²) in [4.78, 5) is 13.7. The average molecular weight is 232 g/mol. The number of hydrogen-bond donors (Lipinski definition) is 1. The summed E-state index contributed by atoms with van der Waals surface area (Å²) in [6.45, 7) is 6.90. The Morgan fingerprint density at radius 3 is 2.60 bits per heavy atom. The van der Waals surface area contributed by atoms with Gasteiger partial charge >= 0.3 is 0 Å². The monoisotopic (exact) mass is 232 g/mol. The lowest BCUT2D eigenvalue weighted by atomic mass is 10.1. The van der Waals surface area contributed by atoms with E-state index >= 15 is 0 Å². The van der Waals surface area contributed by atoms with E-state index in [4.69, 9.17) is 0 Å². The molecule has 0 radical (unpaired) electrons. The quantitative estimate of drug-likeness (QED) is 0.732. The van der Waals surface area contributed by atoms with Crippen molar-refractivity contribution in [2.75, 3.05) is 37.7 Å². The highest BCUT2D eigenvalue weighted by atomic mass is 32.2. The van der Waals surface area contributed by atoms with Crippen molar-refractivity contribution in [3.8, 4) is 0 Å². The molecule has 88 valence electrons. The molecule has 0 saturated carbocycles. The molecule has 4 nitrogen and oxygen atoms in total. The molecule has 1 aliphatic heterocycles. The van der Waals surface area contributed by atoms with Crippen molar-refractivity contribution >= 4 is 16.7 Å². The van der Waals surface area contributed by atoms with E-state index in [1.54, 1.807) is 0 Å². The summed E-state index contributed by atoms with van der Waals surface area (Å²) in [7, 11) is -0.706. The number of nitrogens with one attached hydrogen (secondary N) is 1. The van der Waals surface area contributed by atoms with Crippen LogP contribution >= 0.6 is 0 Å². The minimum atomic E-state index is -0.706. The minimum absolute atomic E-state index is 0.0245. The van der Waals surface area contributed by atoms with Crippen molar-refractivity contribution in [3.05, 3.63) is 0 Å². The van der Waals surface area contributed by atoms with Crippen LogP contribution in [0.4, 0.5) is 0 Å². The third-order valence-corrected chi connectivity index (χ3v) is 3.89. The van der Waals surface area contributed by atoms with E-state index in [0.29, 0.717) is 24.6 Å². The second-order valence-corrected chi connectivity index (χ2v) is 5.58.